The first-order valence-electron chi connectivity index (χ1n) is 4.10. The van der Waals surface area contributed by atoms with Crippen LogP contribution in [-0.2, 0) is 0 Å². The van der Waals surface area contributed by atoms with Crippen LogP contribution < -0.4 is 5.32 Å². The maximum Gasteiger partial charge on any atom is 0.0590 e. The molecule has 1 N–H and O–H groups in total. The van der Waals surface area contributed by atoms with Gasteiger partial charge in [0.15, 0.2) is 0 Å². The molecule has 13 heavy (non-hydrogen) atoms. The number of pyridine rings is 1. The summed E-state index contributed by atoms with van der Waals surface area (Å²) in [5, 5.41) is 3.98. The minimum atomic E-state index is 0.625. The van der Waals surface area contributed by atoms with Crippen LogP contribution in [0.4, 0.5) is 5.69 Å². The highest BCUT2D eigenvalue weighted by Gasteiger charge is 2.01. The highest BCUT2D eigenvalue weighted by Crippen LogP contribution is 2.20. The van der Waals surface area contributed by atoms with E-state index in [-0.39, 0.29) is 0 Å². The summed E-state index contributed by atoms with van der Waals surface area (Å²) in [6.45, 7) is 3.18. The Balaban J connectivity index is 2.50. The van der Waals surface area contributed by atoms with Crippen molar-refractivity contribution >= 4 is 33.4 Å². The SMILES string of the molecule is CSC(C)CNc1ccncc1Br. The van der Waals surface area contributed by atoms with Gasteiger partial charge in [0.1, 0.15) is 0 Å². The molecular weight excluding hydrogens is 248 g/mol. The van der Waals surface area contributed by atoms with Crippen molar-refractivity contribution in [3.63, 3.8) is 0 Å². The van der Waals surface area contributed by atoms with E-state index in [2.05, 4.69) is 39.4 Å². The van der Waals surface area contributed by atoms with Gasteiger partial charge in [-0.15, -0.1) is 0 Å². The van der Waals surface area contributed by atoms with Crippen molar-refractivity contribution in [2.24, 2.45) is 0 Å². The van der Waals surface area contributed by atoms with Gasteiger partial charge in [0.05, 0.1) is 10.2 Å². The minimum absolute atomic E-state index is 0.625. The van der Waals surface area contributed by atoms with E-state index in [9.17, 15) is 0 Å². The summed E-state index contributed by atoms with van der Waals surface area (Å²) in [5.74, 6) is 0. The monoisotopic (exact) mass is 260 g/mol. The molecule has 0 bridgehead atoms. The quantitative estimate of drug-likeness (QED) is 0.901. The number of hydrogen-bond donors (Lipinski definition) is 1. The molecule has 1 aromatic heterocycles. The van der Waals surface area contributed by atoms with Crippen LogP contribution in [0.1, 0.15) is 6.92 Å². The Bertz CT molecular complexity index is 268. The molecule has 0 aliphatic heterocycles. The van der Waals surface area contributed by atoms with Crippen LogP contribution in [0.25, 0.3) is 0 Å². The molecule has 1 heterocycles. The van der Waals surface area contributed by atoms with E-state index in [0.717, 1.165) is 16.7 Å². The number of thioether (sulfide) groups is 1. The van der Waals surface area contributed by atoms with Gasteiger partial charge >= 0.3 is 0 Å². The van der Waals surface area contributed by atoms with Gasteiger partial charge in [-0.1, -0.05) is 6.92 Å². The molecule has 1 rings (SSSR count). The van der Waals surface area contributed by atoms with Gasteiger partial charge in [0, 0.05) is 24.2 Å². The van der Waals surface area contributed by atoms with Crippen LogP contribution in [0.5, 0.6) is 0 Å². The highest BCUT2D eigenvalue weighted by atomic mass is 79.9. The second kappa shape index (κ2) is 5.50. The van der Waals surface area contributed by atoms with Crippen LogP contribution in [0.15, 0.2) is 22.9 Å². The molecule has 0 aliphatic carbocycles. The second-order valence-corrected chi connectivity index (χ2v) is 4.91. The van der Waals surface area contributed by atoms with E-state index in [1.165, 1.54) is 0 Å². The molecule has 0 radical (unpaired) electrons. The summed E-state index contributed by atoms with van der Waals surface area (Å²) >= 11 is 5.29. The zero-order chi connectivity index (χ0) is 9.68. The van der Waals surface area contributed by atoms with Gasteiger partial charge in [-0.05, 0) is 28.3 Å². The fourth-order valence-electron chi connectivity index (χ4n) is 0.856. The van der Waals surface area contributed by atoms with Gasteiger partial charge in [-0.3, -0.25) is 4.98 Å². The number of rotatable bonds is 4. The number of nitrogens with zero attached hydrogens (tertiary/aromatic N) is 1. The van der Waals surface area contributed by atoms with Gasteiger partial charge < -0.3 is 5.32 Å². The number of hydrogen-bond acceptors (Lipinski definition) is 3. The Hall–Kier alpha value is -0.220. The first-order chi connectivity index (χ1) is 6.24. The number of aromatic nitrogens is 1. The Morgan fingerprint density at radius 1 is 1.69 bits per heavy atom. The lowest BCUT2D eigenvalue weighted by atomic mass is 10.4. The third-order valence-electron chi connectivity index (χ3n) is 1.75. The third kappa shape index (κ3) is 3.56. The minimum Gasteiger partial charge on any atom is -0.383 e. The van der Waals surface area contributed by atoms with E-state index in [1.54, 1.807) is 12.4 Å². The molecule has 1 atom stereocenters. The number of halogens is 1. The molecule has 72 valence electrons. The van der Waals surface area contributed by atoms with Crippen LogP contribution in [0, 0.1) is 0 Å². The lowest BCUT2D eigenvalue weighted by Crippen LogP contribution is -2.12. The molecule has 0 saturated heterocycles. The van der Waals surface area contributed by atoms with Crippen molar-refractivity contribution in [2.45, 2.75) is 12.2 Å². The Labute approximate surface area is 91.7 Å². The first kappa shape index (κ1) is 10.9. The van der Waals surface area contributed by atoms with E-state index in [1.807, 2.05) is 17.8 Å². The average Bonchev–Trinajstić information content (AvgIpc) is 2.16. The smallest absolute Gasteiger partial charge is 0.0590 e. The zero-order valence-electron chi connectivity index (χ0n) is 7.75. The topological polar surface area (TPSA) is 24.9 Å². The summed E-state index contributed by atoms with van der Waals surface area (Å²) < 4.78 is 1.02. The van der Waals surface area contributed by atoms with Gasteiger partial charge in [-0.25, -0.2) is 0 Å². The van der Waals surface area contributed by atoms with E-state index < -0.39 is 0 Å². The van der Waals surface area contributed by atoms with Gasteiger partial charge in [0.2, 0.25) is 0 Å². The number of nitrogens with one attached hydrogen (secondary N) is 1. The predicted molar refractivity (Wildman–Crippen MR) is 63.4 cm³/mol. The van der Waals surface area contributed by atoms with Crippen LogP contribution >= 0.6 is 27.7 Å². The first-order valence-corrected chi connectivity index (χ1v) is 6.18. The third-order valence-corrected chi connectivity index (χ3v) is 3.36. The van der Waals surface area contributed by atoms with Gasteiger partial charge in [0.25, 0.3) is 0 Å². The molecule has 0 amide bonds. The molecule has 0 aromatic carbocycles. The van der Waals surface area contributed by atoms with Crippen molar-refractivity contribution in [2.75, 3.05) is 18.1 Å². The standard InChI is InChI=1S/C9H13BrN2S/c1-7(13-2)5-12-9-3-4-11-6-8(9)10/h3-4,6-7H,5H2,1-2H3,(H,11,12). The van der Waals surface area contributed by atoms with Crippen molar-refractivity contribution < 1.29 is 0 Å². The average molecular weight is 261 g/mol. The molecule has 0 aliphatic rings. The molecule has 0 spiro atoms. The van der Waals surface area contributed by atoms with Gasteiger partial charge in [-0.2, -0.15) is 11.8 Å². The predicted octanol–water partition coefficient (Wildman–Crippen LogP) is 3.01. The highest BCUT2D eigenvalue weighted by molar-refractivity contribution is 9.10. The summed E-state index contributed by atoms with van der Waals surface area (Å²) in [5.41, 5.74) is 1.11. The lowest BCUT2D eigenvalue weighted by molar-refractivity contribution is 1.00. The fourth-order valence-corrected chi connectivity index (χ4v) is 1.50. The van der Waals surface area contributed by atoms with Crippen molar-refractivity contribution in [1.29, 1.82) is 0 Å². The largest absolute Gasteiger partial charge is 0.383 e. The molecule has 0 saturated carbocycles. The normalized spacial score (nSPS) is 12.5. The number of anilines is 1. The van der Waals surface area contributed by atoms with Crippen LogP contribution in [0.2, 0.25) is 0 Å². The molecule has 1 aromatic rings. The fraction of sp³-hybridized carbons (Fsp3) is 0.444. The molecule has 0 fully saturated rings. The van der Waals surface area contributed by atoms with E-state index >= 15 is 0 Å². The summed E-state index contributed by atoms with van der Waals surface area (Å²) in [7, 11) is 0. The Morgan fingerprint density at radius 2 is 2.46 bits per heavy atom. The maximum absolute atomic E-state index is 4.00. The summed E-state index contributed by atoms with van der Waals surface area (Å²) in [6, 6.07) is 1.97. The zero-order valence-corrected chi connectivity index (χ0v) is 10.2. The van der Waals surface area contributed by atoms with Crippen LogP contribution in [-0.4, -0.2) is 23.0 Å². The Morgan fingerprint density at radius 3 is 3.08 bits per heavy atom. The molecule has 2 nitrogen and oxygen atoms in total. The maximum atomic E-state index is 4.00. The van der Waals surface area contributed by atoms with E-state index in [0.29, 0.717) is 5.25 Å². The summed E-state index contributed by atoms with van der Waals surface area (Å²) in [6.07, 6.45) is 5.71. The molecule has 4 heteroatoms. The van der Waals surface area contributed by atoms with E-state index in [4.69, 9.17) is 0 Å². The summed E-state index contributed by atoms with van der Waals surface area (Å²) in [4.78, 5) is 4.00. The lowest BCUT2D eigenvalue weighted by Gasteiger charge is -2.11. The van der Waals surface area contributed by atoms with Crippen molar-refractivity contribution in [3.05, 3.63) is 22.9 Å². The Kier molecular flexibility index (Phi) is 4.59. The molecule has 1 unspecified atom stereocenters. The molecular formula is C9H13BrN2S. The van der Waals surface area contributed by atoms with Crippen LogP contribution in [0.3, 0.4) is 0 Å². The van der Waals surface area contributed by atoms with Crippen molar-refractivity contribution in [3.8, 4) is 0 Å². The second-order valence-electron chi connectivity index (χ2n) is 2.78. The van der Waals surface area contributed by atoms with Crippen molar-refractivity contribution in [1.82, 2.24) is 4.98 Å².